The van der Waals surface area contributed by atoms with E-state index in [9.17, 15) is 9.90 Å². The average molecular weight is 158 g/mol. The molecule has 62 valence electrons. The van der Waals surface area contributed by atoms with Crippen molar-refractivity contribution in [3.8, 4) is 0 Å². The molecule has 0 aromatic rings. The first-order valence-electron chi connectivity index (χ1n) is 3.59. The van der Waals surface area contributed by atoms with Crippen LogP contribution in [0, 0.1) is 0 Å². The molecule has 2 fully saturated rings. The van der Waals surface area contributed by atoms with Gasteiger partial charge in [-0.25, -0.2) is 0 Å². The van der Waals surface area contributed by atoms with Gasteiger partial charge in [0.1, 0.15) is 24.4 Å². The minimum atomic E-state index is -0.989. The molecule has 3 atom stereocenters. The van der Waals surface area contributed by atoms with Crippen LogP contribution in [-0.2, 0) is 14.3 Å². The van der Waals surface area contributed by atoms with Gasteiger partial charge >= 0.3 is 0 Å². The highest BCUT2D eigenvalue weighted by Gasteiger charge is 2.53. The number of hydrogen-bond donors (Lipinski definition) is 1. The van der Waals surface area contributed by atoms with Gasteiger partial charge in [0, 0.05) is 0 Å². The van der Waals surface area contributed by atoms with E-state index >= 15 is 0 Å². The van der Waals surface area contributed by atoms with Crippen LogP contribution < -0.4 is 0 Å². The van der Waals surface area contributed by atoms with Crippen molar-refractivity contribution in [1.29, 1.82) is 0 Å². The van der Waals surface area contributed by atoms with Gasteiger partial charge in [0.05, 0.1) is 6.61 Å². The summed E-state index contributed by atoms with van der Waals surface area (Å²) in [4.78, 5) is 11.0. The topological polar surface area (TPSA) is 55.8 Å². The molecule has 2 saturated heterocycles. The first-order chi connectivity index (χ1) is 5.11. The van der Waals surface area contributed by atoms with Crippen molar-refractivity contribution in [3.63, 3.8) is 0 Å². The zero-order valence-electron chi connectivity index (χ0n) is 6.24. The fourth-order valence-electron chi connectivity index (χ4n) is 1.54. The maximum absolute atomic E-state index is 11.0. The maximum Gasteiger partial charge on any atom is 0.189 e. The van der Waals surface area contributed by atoms with Gasteiger partial charge in [-0.1, -0.05) is 0 Å². The number of hydrogen-bond acceptors (Lipinski definition) is 4. The van der Waals surface area contributed by atoms with Gasteiger partial charge in [0.2, 0.25) is 0 Å². The molecule has 1 N–H and O–H groups in total. The van der Waals surface area contributed by atoms with Crippen molar-refractivity contribution in [1.82, 2.24) is 0 Å². The van der Waals surface area contributed by atoms with Crippen LogP contribution in [-0.4, -0.2) is 41.9 Å². The second-order valence-corrected chi connectivity index (χ2v) is 3.29. The van der Waals surface area contributed by atoms with Crippen molar-refractivity contribution in [3.05, 3.63) is 0 Å². The van der Waals surface area contributed by atoms with E-state index in [0.717, 1.165) is 0 Å². The smallest absolute Gasteiger partial charge is 0.189 e. The Bertz CT molecular complexity index is 199. The van der Waals surface area contributed by atoms with Crippen molar-refractivity contribution < 1.29 is 19.4 Å². The third kappa shape index (κ3) is 0.903. The molecule has 4 nitrogen and oxygen atoms in total. The lowest BCUT2D eigenvalue weighted by Gasteiger charge is -2.20. The lowest BCUT2D eigenvalue weighted by atomic mass is 9.99. The molecule has 0 aliphatic carbocycles. The van der Waals surface area contributed by atoms with Gasteiger partial charge in [-0.05, 0) is 6.92 Å². The summed E-state index contributed by atoms with van der Waals surface area (Å²) in [6.07, 6.45) is -0.972. The highest BCUT2D eigenvalue weighted by molar-refractivity contribution is 5.87. The van der Waals surface area contributed by atoms with Crippen LogP contribution in [0.25, 0.3) is 0 Å². The average Bonchev–Trinajstić information content (AvgIpc) is 2.39. The van der Waals surface area contributed by atoms with E-state index < -0.39 is 17.8 Å². The van der Waals surface area contributed by atoms with E-state index in [2.05, 4.69) is 0 Å². The van der Waals surface area contributed by atoms with Crippen LogP contribution in [0.5, 0.6) is 0 Å². The second kappa shape index (κ2) is 2.03. The molecule has 0 radical (unpaired) electrons. The monoisotopic (exact) mass is 158 g/mol. The van der Waals surface area contributed by atoms with Gasteiger partial charge in [0.25, 0.3) is 0 Å². The molecule has 0 amide bonds. The van der Waals surface area contributed by atoms with Gasteiger partial charge in [-0.3, -0.25) is 4.79 Å². The highest BCUT2D eigenvalue weighted by Crippen LogP contribution is 2.31. The fraction of sp³-hybridized carbons (Fsp3) is 0.857. The lowest BCUT2D eigenvalue weighted by Crippen LogP contribution is -2.40. The Labute approximate surface area is 64.1 Å². The molecule has 0 aromatic heterocycles. The molecular formula is C7H10O4. The number of carbonyl (C=O) groups excluding carboxylic acids is 1. The van der Waals surface area contributed by atoms with Crippen LogP contribution in [0.2, 0.25) is 0 Å². The van der Waals surface area contributed by atoms with Crippen LogP contribution in [0.4, 0.5) is 0 Å². The van der Waals surface area contributed by atoms with Crippen molar-refractivity contribution in [2.24, 2.45) is 0 Å². The van der Waals surface area contributed by atoms with Gasteiger partial charge in [0.15, 0.2) is 5.78 Å². The Balaban J connectivity index is 2.23. The molecule has 11 heavy (non-hydrogen) atoms. The van der Waals surface area contributed by atoms with Crippen LogP contribution in [0.3, 0.4) is 0 Å². The number of fused-ring (bicyclic) bond motifs is 1. The summed E-state index contributed by atoms with van der Waals surface area (Å²) in [5.41, 5.74) is -0.989. The van der Waals surface area contributed by atoms with E-state index in [1.165, 1.54) is 0 Å². The fourth-order valence-corrected chi connectivity index (χ4v) is 1.54. The Morgan fingerprint density at radius 3 is 3.00 bits per heavy atom. The van der Waals surface area contributed by atoms with Crippen LogP contribution in [0.15, 0.2) is 0 Å². The van der Waals surface area contributed by atoms with Crippen LogP contribution >= 0.6 is 0 Å². The molecule has 2 rings (SSSR count). The quantitative estimate of drug-likeness (QED) is 0.496. The molecule has 0 bridgehead atoms. The van der Waals surface area contributed by atoms with Crippen molar-refractivity contribution in [2.45, 2.75) is 24.7 Å². The molecule has 2 aliphatic rings. The molecule has 4 heteroatoms. The number of ether oxygens (including phenoxy) is 2. The summed E-state index contributed by atoms with van der Waals surface area (Å²) < 4.78 is 10.2. The third-order valence-electron chi connectivity index (χ3n) is 2.17. The first kappa shape index (κ1) is 7.21. The Hall–Kier alpha value is -0.450. The summed E-state index contributed by atoms with van der Waals surface area (Å²) in [5, 5.41) is 9.58. The first-order valence-corrected chi connectivity index (χ1v) is 3.59. The Morgan fingerprint density at radius 2 is 2.36 bits per heavy atom. The minimum Gasteiger partial charge on any atom is -0.385 e. The van der Waals surface area contributed by atoms with E-state index in [1.807, 2.05) is 0 Å². The maximum atomic E-state index is 11.0. The second-order valence-electron chi connectivity index (χ2n) is 3.29. The molecule has 2 aliphatic heterocycles. The number of rotatable bonds is 0. The largest absolute Gasteiger partial charge is 0.385 e. The zero-order chi connectivity index (χ0) is 8.06. The number of Topliss-reactive ketones (excluding diaryl/α,β-unsaturated/α-hetero) is 1. The van der Waals surface area contributed by atoms with E-state index in [-0.39, 0.29) is 19.0 Å². The highest BCUT2D eigenvalue weighted by atomic mass is 16.6. The Morgan fingerprint density at radius 1 is 1.64 bits per heavy atom. The van der Waals surface area contributed by atoms with Gasteiger partial charge in [-0.2, -0.15) is 0 Å². The molecule has 2 heterocycles. The summed E-state index contributed by atoms with van der Waals surface area (Å²) in [7, 11) is 0. The lowest BCUT2D eigenvalue weighted by molar-refractivity contribution is -0.125. The predicted molar refractivity (Wildman–Crippen MR) is 35.1 cm³/mol. The summed E-state index contributed by atoms with van der Waals surface area (Å²) in [6, 6.07) is 0. The Kier molecular flexibility index (Phi) is 1.33. The molecule has 0 saturated carbocycles. The third-order valence-corrected chi connectivity index (χ3v) is 2.17. The van der Waals surface area contributed by atoms with Gasteiger partial charge < -0.3 is 14.6 Å². The van der Waals surface area contributed by atoms with Crippen molar-refractivity contribution in [2.75, 3.05) is 13.2 Å². The normalized spacial score (nSPS) is 49.8. The van der Waals surface area contributed by atoms with Crippen molar-refractivity contribution >= 4 is 5.78 Å². The molecule has 0 spiro atoms. The molecule has 0 aromatic carbocycles. The zero-order valence-corrected chi connectivity index (χ0v) is 6.24. The summed E-state index contributed by atoms with van der Waals surface area (Å²) >= 11 is 0. The number of aliphatic hydroxyl groups is 1. The van der Waals surface area contributed by atoms with Crippen LogP contribution in [0.1, 0.15) is 6.92 Å². The number of ketones is 1. The molecule has 0 unspecified atom stereocenters. The van der Waals surface area contributed by atoms with E-state index in [1.54, 1.807) is 6.92 Å². The van der Waals surface area contributed by atoms with E-state index in [0.29, 0.717) is 0 Å². The minimum absolute atomic E-state index is 0.0622. The van der Waals surface area contributed by atoms with Gasteiger partial charge in [-0.15, -0.1) is 0 Å². The standard InChI is InChI=1S/C7H10O4/c1-7(9)3-11-5-4(8)2-10-6(5)7/h5-6,9H,2-3H2,1H3/t5-,6+,7-/m1/s1. The van der Waals surface area contributed by atoms with E-state index in [4.69, 9.17) is 9.47 Å². The SMILES string of the molecule is C[C@@]1(O)CO[C@@H]2C(=O)CO[C@@H]21. The molecular weight excluding hydrogens is 148 g/mol. The number of carbonyl (C=O) groups is 1. The summed E-state index contributed by atoms with van der Waals surface area (Å²) in [6.45, 7) is 1.88. The summed E-state index contributed by atoms with van der Waals surface area (Å²) in [5.74, 6) is -0.0622. The predicted octanol–water partition coefficient (Wildman–Crippen LogP) is -0.896.